The Balaban J connectivity index is 1.68. The molecule has 0 aliphatic carbocycles. The van der Waals surface area contributed by atoms with Crippen molar-refractivity contribution in [3.05, 3.63) is 69.8 Å². The largest absolute Gasteiger partial charge is 0.488 e. The number of carbonyl (C=O) groups is 1. The zero-order valence-electron chi connectivity index (χ0n) is 18.7. The first-order valence-electron chi connectivity index (χ1n) is 10.9. The maximum absolute atomic E-state index is 12.3. The number of piperidine rings is 1. The SMILES string of the molecule is COC(=O)C(C)(C)C(C)N1CCC(=C2c3ccc(Cl)cc3COc3ccccc32)CC1. The molecule has 2 aromatic rings. The predicted molar refractivity (Wildman–Crippen MR) is 124 cm³/mol. The van der Waals surface area contributed by atoms with Crippen LogP contribution in [0.5, 0.6) is 5.75 Å². The van der Waals surface area contributed by atoms with Crippen LogP contribution in [0.3, 0.4) is 0 Å². The van der Waals surface area contributed by atoms with Gasteiger partial charge in [-0.15, -0.1) is 0 Å². The van der Waals surface area contributed by atoms with E-state index in [1.165, 1.54) is 23.8 Å². The molecule has 0 spiro atoms. The summed E-state index contributed by atoms with van der Waals surface area (Å²) in [5.41, 5.74) is 5.63. The summed E-state index contributed by atoms with van der Waals surface area (Å²) >= 11 is 6.29. The third-order valence-electron chi connectivity index (χ3n) is 6.93. The van der Waals surface area contributed by atoms with E-state index in [1.54, 1.807) is 0 Å². The number of ether oxygens (including phenoxy) is 2. The zero-order chi connectivity index (χ0) is 22.2. The number of esters is 1. The van der Waals surface area contributed by atoms with E-state index in [2.05, 4.69) is 30.0 Å². The van der Waals surface area contributed by atoms with Crippen molar-refractivity contribution in [3.8, 4) is 5.75 Å². The smallest absolute Gasteiger partial charge is 0.312 e. The van der Waals surface area contributed by atoms with E-state index in [0.29, 0.717) is 6.61 Å². The molecule has 1 unspecified atom stereocenters. The first-order chi connectivity index (χ1) is 14.8. The van der Waals surface area contributed by atoms with E-state index in [-0.39, 0.29) is 12.0 Å². The topological polar surface area (TPSA) is 38.8 Å². The highest BCUT2D eigenvalue weighted by atomic mass is 35.5. The number of benzene rings is 2. The minimum Gasteiger partial charge on any atom is -0.488 e. The standard InChI is InChI=1S/C26H30ClNO3/c1-17(26(2,3)25(29)30-4)28-13-11-18(12-14-28)24-21-10-9-20(27)15-19(21)16-31-23-8-6-5-7-22(23)24/h5-10,15,17H,11-14,16H2,1-4H3. The number of nitrogens with zero attached hydrogens (tertiary/aromatic N) is 1. The molecule has 1 fully saturated rings. The van der Waals surface area contributed by atoms with Crippen LogP contribution in [0.15, 0.2) is 48.0 Å². The van der Waals surface area contributed by atoms with Gasteiger partial charge in [0.2, 0.25) is 0 Å². The molecule has 0 saturated carbocycles. The van der Waals surface area contributed by atoms with Crippen LogP contribution in [0.2, 0.25) is 5.02 Å². The molecule has 0 amide bonds. The van der Waals surface area contributed by atoms with Gasteiger partial charge in [-0.1, -0.05) is 41.4 Å². The van der Waals surface area contributed by atoms with Gasteiger partial charge in [0.25, 0.3) is 0 Å². The average Bonchev–Trinajstić information content (AvgIpc) is 2.94. The average molecular weight is 440 g/mol. The third-order valence-corrected chi connectivity index (χ3v) is 7.17. The summed E-state index contributed by atoms with van der Waals surface area (Å²) in [4.78, 5) is 14.7. The molecule has 0 aromatic heterocycles. The molecule has 164 valence electrons. The lowest BCUT2D eigenvalue weighted by atomic mass is 9.82. The van der Waals surface area contributed by atoms with Crippen LogP contribution in [-0.2, 0) is 16.1 Å². The van der Waals surface area contributed by atoms with Gasteiger partial charge in [0.1, 0.15) is 12.4 Å². The summed E-state index contributed by atoms with van der Waals surface area (Å²) < 4.78 is 11.2. The van der Waals surface area contributed by atoms with Gasteiger partial charge < -0.3 is 9.47 Å². The summed E-state index contributed by atoms with van der Waals surface area (Å²) in [5, 5.41) is 0.728. The fraction of sp³-hybridized carbons (Fsp3) is 0.423. The Morgan fingerprint density at radius 2 is 1.84 bits per heavy atom. The Hall–Kier alpha value is -2.30. The number of hydrogen-bond donors (Lipinski definition) is 0. The lowest BCUT2D eigenvalue weighted by Crippen LogP contribution is -2.49. The van der Waals surface area contributed by atoms with Crippen LogP contribution in [0, 0.1) is 5.41 Å². The molecular weight excluding hydrogens is 410 g/mol. The van der Waals surface area contributed by atoms with Crippen molar-refractivity contribution in [2.75, 3.05) is 20.2 Å². The molecule has 2 heterocycles. The molecule has 5 heteroatoms. The molecular formula is C26H30ClNO3. The van der Waals surface area contributed by atoms with Crippen LogP contribution < -0.4 is 4.74 Å². The maximum atomic E-state index is 12.3. The van der Waals surface area contributed by atoms with Gasteiger partial charge in [-0.05, 0) is 68.5 Å². The van der Waals surface area contributed by atoms with Gasteiger partial charge in [-0.2, -0.15) is 0 Å². The van der Waals surface area contributed by atoms with Crippen molar-refractivity contribution < 1.29 is 14.3 Å². The van der Waals surface area contributed by atoms with Gasteiger partial charge in [0, 0.05) is 29.7 Å². The van der Waals surface area contributed by atoms with Gasteiger partial charge in [-0.25, -0.2) is 0 Å². The van der Waals surface area contributed by atoms with E-state index in [0.717, 1.165) is 47.8 Å². The van der Waals surface area contributed by atoms with Gasteiger partial charge >= 0.3 is 5.97 Å². The molecule has 1 saturated heterocycles. The highest BCUT2D eigenvalue weighted by Crippen LogP contribution is 2.42. The lowest BCUT2D eigenvalue weighted by molar-refractivity contribution is -0.154. The predicted octanol–water partition coefficient (Wildman–Crippen LogP) is 5.72. The second-order valence-corrected chi connectivity index (χ2v) is 9.43. The number of halogens is 1. The number of methoxy groups -OCH3 is 1. The molecule has 1 atom stereocenters. The Kier molecular flexibility index (Phi) is 6.14. The van der Waals surface area contributed by atoms with Crippen molar-refractivity contribution in [2.24, 2.45) is 5.41 Å². The molecule has 4 nitrogen and oxygen atoms in total. The van der Waals surface area contributed by atoms with Crippen LogP contribution in [-0.4, -0.2) is 37.1 Å². The maximum Gasteiger partial charge on any atom is 0.312 e. The van der Waals surface area contributed by atoms with E-state index in [1.807, 2.05) is 38.1 Å². The number of hydrogen-bond acceptors (Lipinski definition) is 4. The van der Waals surface area contributed by atoms with Crippen molar-refractivity contribution in [1.82, 2.24) is 4.90 Å². The molecule has 2 aliphatic heterocycles. The normalized spacial score (nSPS) is 17.8. The van der Waals surface area contributed by atoms with E-state index in [4.69, 9.17) is 21.1 Å². The minimum atomic E-state index is -0.550. The molecule has 0 N–H and O–H groups in total. The summed E-state index contributed by atoms with van der Waals surface area (Å²) in [6.07, 6.45) is 1.90. The minimum absolute atomic E-state index is 0.0994. The van der Waals surface area contributed by atoms with Gasteiger partial charge in [-0.3, -0.25) is 9.69 Å². The zero-order valence-corrected chi connectivity index (χ0v) is 19.5. The Bertz CT molecular complexity index is 1020. The fourth-order valence-electron chi connectivity index (χ4n) is 4.73. The summed E-state index contributed by atoms with van der Waals surface area (Å²) in [5.74, 6) is 0.754. The number of likely N-dealkylation sites (tertiary alicyclic amines) is 1. The van der Waals surface area contributed by atoms with Crippen molar-refractivity contribution >= 4 is 23.1 Å². The van der Waals surface area contributed by atoms with Crippen LogP contribution in [0.4, 0.5) is 0 Å². The first kappa shape index (κ1) is 21.9. The monoisotopic (exact) mass is 439 g/mol. The highest BCUT2D eigenvalue weighted by Gasteiger charge is 2.39. The van der Waals surface area contributed by atoms with Crippen molar-refractivity contribution in [1.29, 1.82) is 0 Å². The van der Waals surface area contributed by atoms with E-state index < -0.39 is 5.41 Å². The van der Waals surface area contributed by atoms with Crippen molar-refractivity contribution in [2.45, 2.75) is 46.3 Å². The molecule has 0 bridgehead atoms. The second-order valence-electron chi connectivity index (χ2n) is 8.99. The van der Waals surface area contributed by atoms with Gasteiger partial charge in [0.05, 0.1) is 12.5 Å². The van der Waals surface area contributed by atoms with E-state index >= 15 is 0 Å². The Morgan fingerprint density at radius 1 is 1.13 bits per heavy atom. The fourth-order valence-corrected chi connectivity index (χ4v) is 4.92. The van der Waals surface area contributed by atoms with Crippen LogP contribution in [0.25, 0.3) is 5.57 Å². The number of rotatable bonds is 3. The molecule has 2 aromatic carbocycles. The highest BCUT2D eigenvalue weighted by molar-refractivity contribution is 6.30. The molecule has 31 heavy (non-hydrogen) atoms. The van der Waals surface area contributed by atoms with E-state index in [9.17, 15) is 4.79 Å². The molecule has 0 radical (unpaired) electrons. The second kappa shape index (κ2) is 8.68. The summed E-state index contributed by atoms with van der Waals surface area (Å²) in [6.45, 7) is 8.40. The van der Waals surface area contributed by atoms with Crippen molar-refractivity contribution in [3.63, 3.8) is 0 Å². The third kappa shape index (κ3) is 4.11. The number of fused-ring (bicyclic) bond motifs is 2. The number of carbonyl (C=O) groups excluding carboxylic acids is 1. The molecule has 4 rings (SSSR count). The summed E-state index contributed by atoms with van der Waals surface area (Å²) in [7, 11) is 1.46. The van der Waals surface area contributed by atoms with Crippen LogP contribution >= 0.6 is 11.6 Å². The van der Waals surface area contributed by atoms with Crippen LogP contribution in [0.1, 0.15) is 50.3 Å². The first-order valence-corrected chi connectivity index (χ1v) is 11.3. The lowest BCUT2D eigenvalue weighted by Gasteiger charge is -2.41. The molecule has 2 aliphatic rings. The summed E-state index contributed by atoms with van der Waals surface area (Å²) in [6, 6.07) is 14.5. The Morgan fingerprint density at radius 3 is 2.55 bits per heavy atom. The van der Waals surface area contributed by atoms with Gasteiger partial charge in [0.15, 0.2) is 0 Å². The number of para-hydroxylation sites is 1. The quantitative estimate of drug-likeness (QED) is 0.573. The Labute approximate surface area is 189 Å².